The van der Waals surface area contributed by atoms with Gasteiger partial charge in [-0.15, -0.1) is 11.3 Å². The smallest absolute Gasteiger partial charge is 0.191 e. The molecule has 0 spiro atoms. The Kier molecular flexibility index (Phi) is 3.79. The Labute approximate surface area is 109 Å². The minimum Gasteiger partial charge on any atom is -0.326 e. The van der Waals surface area contributed by atoms with Crippen molar-refractivity contribution in [2.45, 2.75) is 16.5 Å². The SMILES string of the molecule is NCc1ccc(F)cc1CS(=O)(=O)c1cccs1. The van der Waals surface area contributed by atoms with Crippen molar-refractivity contribution in [3.8, 4) is 0 Å². The fourth-order valence-corrected chi connectivity index (χ4v) is 4.13. The lowest BCUT2D eigenvalue weighted by atomic mass is 10.1. The maximum Gasteiger partial charge on any atom is 0.191 e. The molecule has 96 valence electrons. The summed E-state index contributed by atoms with van der Waals surface area (Å²) in [7, 11) is -3.42. The second-order valence-corrected chi connectivity index (χ2v) is 6.97. The lowest BCUT2D eigenvalue weighted by molar-refractivity contribution is 0.596. The van der Waals surface area contributed by atoms with Crippen LogP contribution < -0.4 is 5.73 Å². The van der Waals surface area contributed by atoms with Crippen LogP contribution >= 0.6 is 11.3 Å². The van der Waals surface area contributed by atoms with Crippen molar-refractivity contribution in [2.24, 2.45) is 5.73 Å². The minimum atomic E-state index is -3.42. The molecule has 0 saturated carbocycles. The van der Waals surface area contributed by atoms with Gasteiger partial charge in [-0.05, 0) is 34.7 Å². The van der Waals surface area contributed by atoms with Crippen molar-refractivity contribution in [1.29, 1.82) is 0 Å². The molecule has 0 aliphatic carbocycles. The quantitative estimate of drug-likeness (QED) is 0.937. The second-order valence-electron chi connectivity index (χ2n) is 3.81. The highest BCUT2D eigenvalue weighted by molar-refractivity contribution is 7.92. The van der Waals surface area contributed by atoms with Crippen LogP contribution in [0.4, 0.5) is 4.39 Å². The third-order valence-corrected chi connectivity index (χ3v) is 5.69. The molecule has 6 heteroatoms. The van der Waals surface area contributed by atoms with Crippen molar-refractivity contribution in [2.75, 3.05) is 0 Å². The predicted octanol–water partition coefficient (Wildman–Crippen LogP) is 2.32. The van der Waals surface area contributed by atoms with Crippen LogP contribution in [0, 0.1) is 5.82 Å². The molecule has 0 radical (unpaired) electrons. The first-order valence-electron chi connectivity index (χ1n) is 5.26. The van der Waals surface area contributed by atoms with Gasteiger partial charge in [0.15, 0.2) is 9.84 Å². The maximum absolute atomic E-state index is 13.2. The number of rotatable bonds is 4. The molecule has 2 N–H and O–H groups in total. The first kappa shape index (κ1) is 13.2. The van der Waals surface area contributed by atoms with Crippen molar-refractivity contribution in [3.05, 3.63) is 52.7 Å². The Morgan fingerprint density at radius 2 is 2.00 bits per heavy atom. The van der Waals surface area contributed by atoms with Gasteiger partial charge in [0.1, 0.15) is 10.0 Å². The molecule has 0 unspecified atom stereocenters. The molecule has 0 saturated heterocycles. The number of halogens is 1. The molecule has 18 heavy (non-hydrogen) atoms. The molecule has 1 aromatic carbocycles. The van der Waals surface area contributed by atoms with Crippen molar-refractivity contribution < 1.29 is 12.8 Å². The highest BCUT2D eigenvalue weighted by atomic mass is 32.2. The zero-order valence-electron chi connectivity index (χ0n) is 9.47. The summed E-state index contributed by atoms with van der Waals surface area (Å²) in [5.74, 6) is -0.679. The minimum absolute atomic E-state index is 0.190. The van der Waals surface area contributed by atoms with Gasteiger partial charge in [-0.3, -0.25) is 0 Å². The van der Waals surface area contributed by atoms with Crippen LogP contribution in [0.5, 0.6) is 0 Å². The largest absolute Gasteiger partial charge is 0.326 e. The summed E-state index contributed by atoms with van der Waals surface area (Å²) < 4.78 is 37.6. The lowest BCUT2D eigenvalue weighted by Crippen LogP contribution is -2.08. The number of hydrogen-bond acceptors (Lipinski definition) is 4. The van der Waals surface area contributed by atoms with Crippen molar-refractivity contribution in [1.82, 2.24) is 0 Å². The Morgan fingerprint density at radius 3 is 2.61 bits per heavy atom. The molecule has 0 amide bonds. The van der Waals surface area contributed by atoms with E-state index in [1.54, 1.807) is 17.5 Å². The number of benzene rings is 1. The average Bonchev–Trinajstić information content (AvgIpc) is 2.83. The molecule has 3 nitrogen and oxygen atoms in total. The topological polar surface area (TPSA) is 60.2 Å². The third kappa shape index (κ3) is 2.77. The molecule has 0 fully saturated rings. The molecule has 2 rings (SSSR count). The summed E-state index contributed by atoms with van der Waals surface area (Å²) in [4.78, 5) is 0. The van der Waals surface area contributed by atoms with Gasteiger partial charge in [0, 0.05) is 6.54 Å². The van der Waals surface area contributed by atoms with E-state index in [0.717, 1.165) is 11.3 Å². The van der Waals surface area contributed by atoms with Crippen LogP contribution in [0.3, 0.4) is 0 Å². The van der Waals surface area contributed by atoms with Crippen molar-refractivity contribution in [3.63, 3.8) is 0 Å². The number of hydrogen-bond donors (Lipinski definition) is 1. The van der Waals surface area contributed by atoms with Gasteiger partial charge in [-0.25, -0.2) is 12.8 Å². The molecule has 2 aromatic rings. The van der Waals surface area contributed by atoms with E-state index in [2.05, 4.69) is 0 Å². The summed E-state index contributed by atoms with van der Waals surface area (Å²) in [6, 6.07) is 7.25. The first-order valence-corrected chi connectivity index (χ1v) is 7.80. The highest BCUT2D eigenvalue weighted by Crippen LogP contribution is 2.23. The molecule has 0 atom stereocenters. The van der Waals surface area contributed by atoms with Gasteiger partial charge in [0.05, 0.1) is 5.75 Å². The monoisotopic (exact) mass is 285 g/mol. The first-order chi connectivity index (χ1) is 8.53. The van der Waals surface area contributed by atoms with Crippen LogP contribution in [0.15, 0.2) is 39.9 Å². The third-order valence-electron chi connectivity index (χ3n) is 2.54. The molecular formula is C12H12FNO2S2. The van der Waals surface area contributed by atoms with Gasteiger partial charge >= 0.3 is 0 Å². The summed E-state index contributed by atoms with van der Waals surface area (Å²) in [5, 5.41) is 1.70. The van der Waals surface area contributed by atoms with E-state index in [-0.39, 0.29) is 16.5 Å². The van der Waals surface area contributed by atoms with E-state index in [9.17, 15) is 12.8 Å². The molecule has 0 bridgehead atoms. The van der Waals surface area contributed by atoms with Gasteiger partial charge in [-0.2, -0.15) is 0 Å². The highest BCUT2D eigenvalue weighted by Gasteiger charge is 2.18. The standard InChI is InChI=1S/C12H12FNO2S2/c13-11-4-3-9(7-14)10(6-11)8-18(15,16)12-2-1-5-17-12/h1-6H,7-8,14H2. The number of nitrogens with two attached hydrogens (primary N) is 1. The van der Waals surface area contributed by atoms with Crippen LogP contribution in [-0.4, -0.2) is 8.42 Å². The summed E-state index contributed by atoms with van der Waals surface area (Å²) in [6.45, 7) is 0.190. The average molecular weight is 285 g/mol. The van der Waals surface area contributed by atoms with Crippen LogP contribution in [0.1, 0.15) is 11.1 Å². The Morgan fingerprint density at radius 1 is 1.22 bits per heavy atom. The zero-order chi connectivity index (χ0) is 13.2. The molecule has 0 aliphatic heterocycles. The molecule has 0 aliphatic rings. The fraction of sp³-hybridized carbons (Fsp3) is 0.167. The van der Waals surface area contributed by atoms with Gasteiger partial charge in [-0.1, -0.05) is 12.1 Å². The van der Waals surface area contributed by atoms with Crippen LogP contribution in [0.25, 0.3) is 0 Å². The number of sulfone groups is 1. The van der Waals surface area contributed by atoms with E-state index in [0.29, 0.717) is 11.1 Å². The van der Waals surface area contributed by atoms with Crippen molar-refractivity contribution >= 4 is 21.2 Å². The predicted molar refractivity (Wildman–Crippen MR) is 69.5 cm³/mol. The van der Waals surface area contributed by atoms with Crippen LogP contribution in [0.2, 0.25) is 0 Å². The second kappa shape index (κ2) is 5.17. The molecular weight excluding hydrogens is 273 g/mol. The van der Waals surface area contributed by atoms with Gasteiger partial charge in [0.25, 0.3) is 0 Å². The summed E-state index contributed by atoms with van der Waals surface area (Å²) in [6.07, 6.45) is 0. The maximum atomic E-state index is 13.2. The molecule has 1 heterocycles. The molecule has 1 aromatic heterocycles. The van der Waals surface area contributed by atoms with Gasteiger partial charge < -0.3 is 5.73 Å². The Hall–Kier alpha value is -1.24. The van der Waals surface area contributed by atoms with Crippen LogP contribution in [-0.2, 0) is 22.1 Å². The van der Waals surface area contributed by atoms with E-state index >= 15 is 0 Å². The van der Waals surface area contributed by atoms with Gasteiger partial charge in [0.2, 0.25) is 0 Å². The fourth-order valence-electron chi connectivity index (χ4n) is 1.64. The lowest BCUT2D eigenvalue weighted by Gasteiger charge is -2.08. The van der Waals surface area contributed by atoms with E-state index in [4.69, 9.17) is 5.73 Å². The summed E-state index contributed by atoms with van der Waals surface area (Å²) >= 11 is 1.15. The van der Waals surface area contributed by atoms with E-state index < -0.39 is 15.7 Å². The Balaban J connectivity index is 2.37. The Bertz CT molecular complexity index is 636. The normalized spacial score (nSPS) is 11.7. The summed E-state index contributed by atoms with van der Waals surface area (Å²) in [5.41, 5.74) is 6.60. The number of thiophene rings is 1. The van der Waals surface area contributed by atoms with E-state index in [1.165, 1.54) is 18.2 Å². The zero-order valence-corrected chi connectivity index (χ0v) is 11.1. The van der Waals surface area contributed by atoms with E-state index in [1.807, 2.05) is 0 Å².